The number of H-pyrrole nitrogens is 2. The van der Waals surface area contributed by atoms with Crippen LogP contribution in [0.15, 0.2) is 48.5 Å². The zero-order valence-electron chi connectivity index (χ0n) is 22.9. The summed E-state index contributed by atoms with van der Waals surface area (Å²) in [4.78, 5) is 50.1. The molecule has 0 spiro atoms. The van der Waals surface area contributed by atoms with Crippen molar-refractivity contribution in [2.45, 2.75) is 45.3 Å². The summed E-state index contributed by atoms with van der Waals surface area (Å²) in [6.07, 6.45) is 0.688. The van der Waals surface area contributed by atoms with E-state index in [0.29, 0.717) is 36.3 Å². The topological polar surface area (TPSA) is 111 Å². The van der Waals surface area contributed by atoms with Crippen molar-refractivity contribution in [3.63, 3.8) is 0 Å². The highest BCUT2D eigenvalue weighted by Gasteiger charge is 2.50. The zero-order chi connectivity index (χ0) is 28.3. The lowest BCUT2D eigenvalue weighted by Crippen LogP contribution is -2.59. The fourth-order valence-corrected chi connectivity index (χ4v) is 6.02. The predicted octanol–water partition coefficient (Wildman–Crippen LogP) is 4.07. The Morgan fingerprint density at radius 2 is 1.57 bits per heavy atom. The summed E-state index contributed by atoms with van der Waals surface area (Å²) in [6, 6.07) is 12.6. The predicted molar refractivity (Wildman–Crippen MR) is 149 cm³/mol. The lowest BCUT2D eigenvalue weighted by molar-refractivity contribution is -0.138. The minimum Gasteiger partial charge on any atom is -0.495 e. The summed E-state index contributed by atoms with van der Waals surface area (Å²) in [5, 5.41) is 4.37. The number of fused-ring (bicyclic) bond motifs is 4. The lowest BCUT2D eigenvalue weighted by atomic mass is 9.85. The minimum atomic E-state index is -0.805. The Morgan fingerprint density at radius 1 is 0.950 bits per heavy atom. The number of aromatic amines is 2. The van der Waals surface area contributed by atoms with Crippen LogP contribution in [0.2, 0.25) is 0 Å². The van der Waals surface area contributed by atoms with E-state index in [-0.39, 0.29) is 35.1 Å². The number of rotatable bonds is 5. The summed E-state index contributed by atoms with van der Waals surface area (Å²) in [6.45, 7) is 6.52. The Balaban J connectivity index is 1.17. The normalized spacial score (nSPS) is 19.4. The second-order valence-corrected chi connectivity index (χ2v) is 11.8. The number of likely N-dealkylation sites (tertiary alicyclic amines) is 2. The van der Waals surface area contributed by atoms with Crippen LogP contribution in [-0.4, -0.2) is 75.8 Å². The van der Waals surface area contributed by atoms with Gasteiger partial charge in [0, 0.05) is 23.9 Å². The first kappa shape index (κ1) is 25.9. The number of piperazine rings is 1. The molecule has 4 aromatic rings. The molecule has 6 rings (SSSR count). The van der Waals surface area contributed by atoms with E-state index in [1.165, 1.54) is 6.07 Å². The average Bonchev–Trinajstić information content (AvgIpc) is 3.71. The maximum atomic E-state index is 14.2. The summed E-state index contributed by atoms with van der Waals surface area (Å²) >= 11 is 0. The molecule has 208 valence electrons. The molecular weight excluding hydrogens is 513 g/mol. The molecule has 2 aromatic carbocycles. The standard InChI is InChI=1S/C30H32FN5O4/c1-30(2,3)26(34-27(37)21-11-16-7-5-9-20(31)24(16)32-21)29(39)36-15-18-13-19(36)14-35(18)28(38)22-12-17-8-6-10-23(40-4)25(17)33-22/h5-12,18-19,26,32-33H,13-15H2,1-4H3,(H,34,37)/t18-,19-,26+/m0/s1. The van der Waals surface area contributed by atoms with Crippen LogP contribution in [0, 0.1) is 11.2 Å². The maximum absolute atomic E-state index is 14.2. The molecule has 2 saturated heterocycles. The first-order valence-electron chi connectivity index (χ1n) is 13.4. The quantitative estimate of drug-likeness (QED) is 0.351. The molecule has 2 fully saturated rings. The van der Waals surface area contributed by atoms with Crippen molar-refractivity contribution in [1.82, 2.24) is 25.1 Å². The van der Waals surface area contributed by atoms with Crippen molar-refractivity contribution < 1.29 is 23.5 Å². The zero-order valence-corrected chi connectivity index (χ0v) is 22.9. The molecule has 2 aliphatic rings. The van der Waals surface area contributed by atoms with Gasteiger partial charge in [-0.3, -0.25) is 14.4 Å². The number of nitrogens with zero attached hydrogens (tertiary/aromatic N) is 2. The van der Waals surface area contributed by atoms with Crippen LogP contribution in [-0.2, 0) is 4.79 Å². The first-order valence-corrected chi connectivity index (χ1v) is 13.4. The number of para-hydroxylation sites is 2. The fourth-order valence-electron chi connectivity index (χ4n) is 6.02. The molecule has 2 aromatic heterocycles. The van der Waals surface area contributed by atoms with E-state index in [0.717, 1.165) is 10.9 Å². The summed E-state index contributed by atoms with van der Waals surface area (Å²) in [7, 11) is 1.59. The monoisotopic (exact) mass is 545 g/mol. The van der Waals surface area contributed by atoms with Crippen LogP contribution >= 0.6 is 0 Å². The van der Waals surface area contributed by atoms with E-state index >= 15 is 0 Å². The number of ether oxygens (including phenoxy) is 1. The second kappa shape index (κ2) is 9.39. The van der Waals surface area contributed by atoms with Crippen LogP contribution in [0.4, 0.5) is 4.39 Å². The third kappa shape index (κ3) is 4.27. The minimum absolute atomic E-state index is 0.107. The van der Waals surface area contributed by atoms with E-state index in [1.54, 1.807) is 30.2 Å². The summed E-state index contributed by atoms with van der Waals surface area (Å²) in [5.74, 6) is -0.537. The van der Waals surface area contributed by atoms with Gasteiger partial charge in [0.25, 0.3) is 11.8 Å². The van der Waals surface area contributed by atoms with Gasteiger partial charge in [-0.15, -0.1) is 0 Å². The number of nitrogens with one attached hydrogen (secondary N) is 3. The molecule has 9 nitrogen and oxygen atoms in total. The number of carbonyl (C=O) groups is 3. The third-order valence-electron chi connectivity index (χ3n) is 8.09. The van der Waals surface area contributed by atoms with Gasteiger partial charge >= 0.3 is 0 Å². The number of carbonyl (C=O) groups excluding carboxylic acids is 3. The van der Waals surface area contributed by atoms with Gasteiger partial charge in [0.1, 0.15) is 29.0 Å². The molecule has 4 heterocycles. The molecule has 3 N–H and O–H groups in total. The number of aromatic nitrogens is 2. The molecule has 3 amide bonds. The van der Waals surface area contributed by atoms with Gasteiger partial charge < -0.3 is 29.8 Å². The number of amides is 3. The molecule has 10 heteroatoms. The molecule has 2 bridgehead atoms. The lowest BCUT2D eigenvalue weighted by Gasteiger charge is -2.39. The highest BCUT2D eigenvalue weighted by molar-refractivity contribution is 6.01. The highest BCUT2D eigenvalue weighted by Crippen LogP contribution is 2.35. The number of hydrogen-bond acceptors (Lipinski definition) is 4. The Hall–Kier alpha value is -4.34. The SMILES string of the molecule is COc1cccc2cc(C(=O)N3C[C@@H]4C[C@H]3CN4C(=O)[C@@H](NC(=O)c3cc4cccc(F)c4[nH]3)C(C)(C)C)[nH]c12. The van der Waals surface area contributed by atoms with Crippen molar-refractivity contribution in [2.75, 3.05) is 20.2 Å². The second-order valence-electron chi connectivity index (χ2n) is 11.8. The Labute approximate surface area is 230 Å². The van der Waals surface area contributed by atoms with Gasteiger partial charge in [0.05, 0.1) is 30.2 Å². The molecule has 0 radical (unpaired) electrons. The van der Waals surface area contributed by atoms with Crippen molar-refractivity contribution in [1.29, 1.82) is 0 Å². The Morgan fingerprint density at radius 3 is 2.23 bits per heavy atom. The number of benzene rings is 2. The van der Waals surface area contributed by atoms with Crippen LogP contribution in [0.1, 0.15) is 48.2 Å². The summed E-state index contributed by atoms with van der Waals surface area (Å²) < 4.78 is 19.6. The van der Waals surface area contributed by atoms with E-state index in [4.69, 9.17) is 4.74 Å². The van der Waals surface area contributed by atoms with Crippen LogP contribution in [0.5, 0.6) is 5.75 Å². The van der Waals surface area contributed by atoms with Crippen molar-refractivity contribution in [2.24, 2.45) is 5.41 Å². The number of hydrogen-bond donors (Lipinski definition) is 3. The number of halogens is 1. The fraction of sp³-hybridized carbons (Fsp3) is 0.367. The van der Waals surface area contributed by atoms with Crippen molar-refractivity contribution in [3.8, 4) is 5.75 Å². The van der Waals surface area contributed by atoms with Crippen LogP contribution < -0.4 is 10.1 Å². The summed E-state index contributed by atoms with van der Waals surface area (Å²) in [5.41, 5.74) is 1.12. The molecule has 2 aliphatic heterocycles. The van der Waals surface area contributed by atoms with E-state index in [9.17, 15) is 18.8 Å². The Bertz CT molecular complexity index is 1650. The van der Waals surface area contributed by atoms with Crippen LogP contribution in [0.3, 0.4) is 0 Å². The van der Waals surface area contributed by atoms with Gasteiger partial charge in [-0.25, -0.2) is 4.39 Å². The van der Waals surface area contributed by atoms with E-state index in [1.807, 2.05) is 49.9 Å². The molecular formula is C30H32FN5O4. The third-order valence-corrected chi connectivity index (χ3v) is 8.09. The van der Waals surface area contributed by atoms with Crippen LogP contribution in [0.25, 0.3) is 21.8 Å². The van der Waals surface area contributed by atoms with Gasteiger partial charge in [0.15, 0.2) is 0 Å². The van der Waals surface area contributed by atoms with E-state index < -0.39 is 23.2 Å². The molecule has 0 aliphatic carbocycles. The van der Waals surface area contributed by atoms with Gasteiger partial charge in [-0.05, 0) is 36.1 Å². The van der Waals surface area contributed by atoms with Gasteiger partial charge in [-0.2, -0.15) is 0 Å². The Kier molecular flexibility index (Phi) is 6.08. The van der Waals surface area contributed by atoms with E-state index in [2.05, 4.69) is 15.3 Å². The highest BCUT2D eigenvalue weighted by atomic mass is 19.1. The van der Waals surface area contributed by atoms with Gasteiger partial charge in [-0.1, -0.05) is 45.0 Å². The van der Waals surface area contributed by atoms with Gasteiger partial charge in [0.2, 0.25) is 5.91 Å². The van der Waals surface area contributed by atoms with Crippen molar-refractivity contribution in [3.05, 3.63) is 65.7 Å². The van der Waals surface area contributed by atoms with Crippen molar-refractivity contribution >= 4 is 39.5 Å². The first-order chi connectivity index (χ1) is 19.0. The largest absolute Gasteiger partial charge is 0.495 e. The smallest absolute Gasteiger partial charge is 0.270 e. The molecule has 0 saturated carbocycles. The maximum Gasteiger partial charge on any atom is 0.270 e. The molecule has 3 atom stereocenters. The molecule has 40 heavy (non-hydrogen) atoms. The average molecular weight is 546 g/mol. The number of methoxy groups -OCH3 is 1. The molecule has 0 unspecified atom stereocenters.